The summed E-state index contributed by atoms with van der Waals surface area (Å²) in [6, 6.07) is 3.36. The number of aryl methyl sites for hydroxylation is 2. The second-order valence-corrected chi connectivity index (χ2v) is 5.21. The first-order valence-corrected chi connectivity index (χ1v) is 6.98. The van der Waals surface area contributed by atoms with Crippen molar-refractivity contribution in [3.05, 3.63) is 51.8 Å². The van der Waals surface area contributed by atoms with Gasteiger partial charge in [-0.1, -0.05) is 11.6 Å². The molecule has 0 spiro atoms. The third-order valence-electron chi connectivity index (χ3n) is 3.31. The second-order valence-electron chi connectivity index (χ2n) is 4.80. The summed E-state index contributed by atoms with van der Waals surface area (Å²) >= 11 is 5.56. The van der Waals surface area contributed by atoms with E-state index in [1.54, 1.807) is 0 Å². The Morgan fingerprint density at radius 3 is 2.67 bits per heavy atom. The van der Waals surface area contributed by atoms with Gasteiger partial charge in [0.15, 0.2) is 0 Å². The predicted molar refractivity (Wildman–Crippen MR) is 77.8 cm³/mol. The summed E-state index contributed by atoms with van der Waals surface area (Å²) < 4.78 is 29.4. The molecule has 0 saturated carbocycles. The average Bonchev–Trinajstić information content (AvgIpc) is 2.80. The van der Waals surface area contributed by atoms with Crippen molar-refractivity contribution < 1.29 is 8.78 Å². The van der Waals surface area contributed by atoms with Crippen molar-refractivity contribution in [1.29, 1.82) is 0 Å². The molecule has 7 heteroatoms. The van der Waals surface area contributed by atoms with Crippen LogP contribution >= 0.6 is 11.6 Å². The molecule has 0 saturated heterocycles. The molecule has 3 N–H and O–H groups in total. The van der Waals surface area contributed by atoms with E-state index in [1.807, 2.05) is 24.6 Å². The quantitative estimate of drug-likeness (QED) is 0.507. The predicted octanol–water partition coefficient (Wildman–Crippen LogP) is 2.89. The fraction of sp³-hybridized carbons (Fsp3) is 0.357. The lowest BCUT2D eigenvalue weighted by Gasteiger charge is -2.18. The topological polar surface area (TPSA) is 55.9 Å². The molecule has 0 bridgehead atoms. The number of rotatable bonds is 5. The first kappa shape index (κ1) is 15.9. The molecule has 1 unspecified atom stereocenters. The molecular weight excluding hydrogens is 298 g/mol. The summed E-state index contributed by atoms with van der Waals surface area (Å²) in [4.78, 5) is 0. The molecule has 0 amide bonds. The summed E-state index contributed by atoms with van der Waals surface area (Å²) in [7, 11) is 0. The van der Waals surface area contributed by atoms with Crippen molar-refractivity contribution in [3.8, 4) is 0 Å². The van der Waals surface area contributed by atoms with Crippen LogP contribution in [0.2, 0.25) is 5.02 Å². The van der Waals surface area contributed by atoms with Gasteiger partial charge in [-0.15, -0.1) is 0 Å². The largest absolute Gasteiger partial charge is 0.271 e. The fourth-order valence-corrected chi connectivity index (χ4v) is 2.46. The molecule has 1 aromatic carbocycles. The molecule has 0 aliphatic heterocycles. The molecule has 1 heterocycles. The summed E-state index contributed by atoms with van der Waals surface area (Å²) in [5.74, 6) is 4.24. The van der Waals surface area contributed by atoms with E-state index in [2.05, 4.69) is 10.5 Å². The lowest BCUT2D eigenvalue weighted by molar-refractivity contribution is 0.484. The summed E-state index contributed by atoms with van der Waals surface area (Å²) in [5.41, 5.74) is 4.43. The zero-order chi connectivity index (χ0) is 15.6. The van der Waals surface area contributed by atoms with E-state index in [0.29, 0.717) is 13.0 Å². The van der Waals surface area contributed by atoms with Crippen LogP contribution in [-0.4, -0.2) is 9.78 Å². The highest BCUT2D eigenvalue weighted by atomic mass is 35.5. The maximum atomic E-state index is 14.0. The van der Waals surface area contributed by atoms with Gasteiger partial charge in [-0.05, 0) is 32.0 Å². The van der Waals surface area contributed by atoms with Gasteiger partial charge in [-0.25, -0.2) is 8.78 Å². The lowest BCUT2D eigenvalue weighted by atomic mass is 10.0. The van der Waals surface area contributed by atoms with Crippen LogP contribution in [0.1, 0.15) is 29.9 Å². The third kappa shape index (κ3) is 3.40. The SMILES string of the molecule is CCn1nc(C)cc1CC(NN)c1cc(F)c(Cl)cc1F. The zero-order valence-corrected chi connectivity index (χ0v) is 12.6. The van der Waals surface area contributed by atoms with Crippen LogP contribution in [0.25, 0.3) is 0 Å². The molecule has 1 atom stereocenters. The second kappa shape index (κ2) is 6.51. The van der Waals surface area contributed by atoms with Crippen LogP contribution in [-0.2, 0) is 13.0 Å². The Balaban J connectivity index is 2.34. The lowest BCUT2D eigenvalue weighted by Crippen LogP contribution is -2.31. The van der Waals surface area contributed by atoms with E-state index < -0.39 is 17.7 Å². The molecule has 21 heavy (non-hydrogen) atoms. The normalized spacial score (nSPS) is 12.7. The number of halogens is 3. The monoisotopic (exact) mass is 314 g/mol. The number of hydrazine groups is 1. The van der Waals surface area contributed by atoms with Gasteiger partial charge in [-0.2, -0.15) is 5.10 Å². The van der Waals surface area contributed by atoms with E-state index in [4.69, 9.17) is 17.4 Å². The van der Waals surface area contributed by atoms with Gasteiger partial charge in [0.05, 0.1) is 16.8 Å². The molecule has 0 fully saturated rings. The highest BCUT2D eigenvalue weighted by Crippen LogP contribution is 2.26. The Hall–Kier alpha value is -1.50. The highest BCUT2D eigenvalue weighted by molar-refractivity contribution is 6.30. The Bertz CT molecular complexity index is 642. The number of benzene rings is 1. The van der Waals surface area contributed by atoms with Gasteiger partial charge in [0.25, 0.3) is 0 Å². The minimum atomic E-state index is -0.673. The average molecular weight is 315 g/mol. The number of nitrogens with one attached hydrogen (secondary N) is 1. The Morgan fingerprint density at radius 2 is 2.05 bits per heavy atom. The summed E-state index contributed by atoms with van der Waals surface area (Å²) in [5, 5.41) is 4.07. The third-order valence-corrected chi connectivity index (χ3v) is 3.60. The minimum absolute atomic E-state index is 0.140. The highest BCUT2D eigenvalue weighted by Gasteiger charge is 2.19. The molecule has 1 aromatic heterocycles. The van der Waals surface area contributed by atoms with Gasteiger partial charge < -0.3 is 0 Å². The number of nitrogens with two attached hydrogens (primary N) is 1. The van der Waals surface area contributed by atoms with Crippen LogP contribution in [0.4, 0.5) is 8.78 Å². The van der Waals surface area contributed by atoms with Crippen LogP contribution in [0.3, 0.4) is 0 Å². The first-order valence-electron chi connectivity index (χ1n) is 6.60. The molecule has 0 aliphatic rings. The van der Waals surface area contributed by atoms with Gasteiger partial charge in [0.1, 0.15) is 11.6 Å². The molecule has 0 radical (unpaired) electrons. The standard InChI is InChI=1S/C14H17ClF2N4/c1-3-21-9(4-8(2)20-21)5-14(19-18)10-6-13(17)11(15)7-12(10)16/h4,6-7,14,19H,3,5,18H2,1-2H3. The molecule has 2 rings (SSSR count). The van der Waals surface area contributed by atoms with Gasteiger partial charge in [0, 0.05) is 24.2 Å². The number of aromatic nitrogens is 2. The molecule has 4 nitrogen and oxygen atoms in total. The first-order chi connectivity index (χ1) is 9.96. The Labute approximate surface area is 126 Å². The maximum absolute atomic E-state index is 14.0. The maximum Gasteiger partial charge on any atom is 0.142 e. The molecule has 114 valence electrons. The van der Waals surface area contributed by atoms with E-state index in [1.165, 1.54) is 0 Å². The number of hydrogen-bond acceptors (Lipinski definition) is 3. The van der Waals surface area contributed by atoms with Crippen molar-refractivity contribution in [1.82, 2.24) is 15.2 Å². The minimum Gasteiger partial charge on any atom is -0.271 e. The van der Waals surface area contributed by atoms with Crippen molar-refractivity contribution >= 4 is 11.6 Å². The van der Waals surface area contributed by atoms with Gasteiger partial charge in [0.2, 0.25) is 0 Å². The molecule has 0 aliphatic carbocycles. The number of nitrogens with zero attached hydrogens (tertiary/aromatic N) is 2. The fourth-order valence-electron chi connectivity index (χ4n) is 2.31. The van der Waals surface area contributed by atoms with E-state index in [0.717, 1.165) is 23.5 Å². The summed E-state index contributed by atoms with van der Waals surface area (Å²) in [6.45, 7) is 4.53. The van der Waals surface area contributed by atoms with Crippen molar-refractivity contribution in [2.24, 2.45) is 5.84 Å². The Kier molecular flexibility index (Phi) is 4.92. The van der Waals surface area contributed by atoms with Crippen molar-refractivity contribution in [2.75, 3.05) is 0 Å². The van der Waals surface area contributed by atoms with Crippen LogP contribution in [0.5, 0.6) is 0 Å². The summed E-state index contributed by atoms with van der Waals surface area (Å²) in [6.07, 6.45) is 0.392. The van der Waals surface area contributed by atoms with E-state index >= 15 is 0 Å². The molecule has 2 aromatic rings. The van der Waals surface area contributed by atoms with E-state index in [-0.39, 0.29) is 10.6 Å². The van der Waals surface area contributed by atoms with E-state index in [9.17, 15) is 8.78 Å². The van der Waals surface area contributed by atoms with Crippen LogP contribution in [0, 0.1) is 18.6 Å². The number of hydrogen-bond donors (Lipinski definition) is 2. The molecular formula is C14H17ClF2N4. The smallest absolute Gasteiger partial charge is 0.142 e. The van der Waals surface area contributed by atoms with Crippen molar-refractivity contribution in [3.63, 3.8) is 0 Å². The van der Waals surface area contributed by atoms with Gasteiger partial charge >= 0.3 is 0 Å². The van der Waals surface area contributed by atoms with Crippen LogP contribution in [0.15, 0.2) is 18.2 Å². The van der Waals surface area contributed by atoms with Crippen LogP contribution < -0.4 is 11.3 Å². The van der Waals surface area contributed by atoms with Gasteiger partial charge in [-0.3, -0.25) is 16.0 Å². The zero-order valence-electron chi connectivity index (χ0n) is 11.8. The Morgan fingerprint density at radius 1 is 1.33 bits per heavy atom. The van der Waals surface area contributed by atoms with Crippen molar-refractivity contribution in [2.45, 2.75) is 32.9 Å².